The third-order valence-corrected chi connectivity index (χ3v) is 3.97. The van der Waals surface area contributed by atoms with Gasteiger partial charge < -0.3 is 15.0 Å². The number of rotatable bonds is 6. The standard InChI is InChI=1S/C20H17N5O2/c26-19(23-13-17-24-15-9-4-5-10-16(15)25-17)18(14-7-2-1-3-8-14)27-20-21-11-6-12-22-20/h1-12,18H,13H2,(H,23,26)(H,24,25). The number of carbonyl (C=O) groups is 1. The lowest BCUT2D eigenvalue weighted by Crippen LogP contribution is -2.32. The number of nitrogens with zero attached hydrogens (tertiary/aromatic N) is 3. The molecule has 0 saturated heterocycles. The quantitative estimate of drug-likeness (QED) is 0.552. The van der Waals surface area contributed by atoms with Crippen molar-refractivity contribution in [3.63, 3.8) is 0 Å². The van der Waals surface area contributed by atoms with Crippen LogP contribution in [0.3, 0.4) is 0 Å². The van der Waals surface area contributed by atoms with Crippen LogP contribution >= 0.6 is 0 Å². The van der Waals surface area contributed by atoms with Gasteiger partial charge in [0.15, 0.2) is 0 Å². The molecule has 1 unspecified atom stereocenters. The summed E-state index contributed by atoms with van der Waals surface area (Å²) < 4.78 is 5.74. The molecule has 2 aromatic carbocycles. The molecule has 134 valence electrons. The fourth-order valence-electron chi connectivity index (χ4n) is 2.71. The average molecular weight is 359 g/mol. The van der Waals surface area contributed by atoms with Crippen molar-refractivity contribution < 1.29 is 9.53 Å². The van der Waals surface area contributed by atoms with E-state index < -0.39 is 6.10 Å². The number of H-pyrrole nitrogens is 1. The highest BCUT2D eigenvalue weighted by atomic mass is 16.5. The first-order valence-electron chi connectivity index (χ1n) is 8.49. The summed E-state index contributed by atoms with van der Waals surface area (Å²) in [6.45, 7) is 0.260. The van der Waals surface area contributed by atoms with E-state index in [-0.39, 0.29) is 18.5 Å². The van der Waals surface area contributed by atoms with Gasteiger partial charge in [-0.1, -0.05) is 42.5 Å². The summed E-state index contributed by atoms with van der Waals surface area (Å²) >= 11 is 0. The Hall–Kier alpha value is -3.74. The minimum absolute atomic E-state index is 0.144. The predicted octanol–water partition coefficient (Wildman–Crippen LogP) is 2.79. The highest BCUT2D eigenvalue weighted by molar-refractivity contribution is 5.82. The molecule has 4 rings (SSSR count). The lowest BCUT2D eigenvalue weighted by molar-refractivity contribution is -0.128. The van der Waals surface area contributed by atoms with Gasteiger partial charge in [-0.05, 0) is 18.2 Å². The number of hydrogen-bond acceptors (Lipinski definition) is 5. The van der Waals surface area contributed by atoms with Gasteiger partial charge in [-0.25, -0.2) is 15.0 Å². The lowest BCUT2D eigenvalue weighted by Gasteiger charge is -2.17. The number of para-hydroxylation sites is 2. The van der Waals surface area contributed by atoms with Crippen LogP contribution in [0.15, 0.2) is 73.1 Å². The molecular formula is C20H17N5O2. The first-order valence-corrected chi connectivity index (χ1v) is 8.49. The largest absolute Gasteiger partial charge is 0.445 e. The molecule has 0 radical (unpaired) electrons. The Kier molecular flexibility index (Phi) is 4.74. The number of imidazole rings is 1. The smallest absolute Gasteiger partial charge is 0.317 e. The van der Waals surface area contributed by atoms with Crippen molar-refractivity contribution in [1.82, 2.24) is 25.3 Å². The molecule has 2 aromatic heterocycles. The van der Waals surface area contributed by atoms with E-state index in [1.54, 1.807) is 18.5 Å². The molecule has 7 nitrogen and oxygen atoms in total. The third kappa shape index (κ3) is 3.92. The van der Waals surface area contributed by atoms with Crippen LogP contribution in [0, 0.1) is 0 Å². The molecule has 2 heterocycles. The van der Waals surface area contributed by atoms with Crippen LogP contribution < -0.4 is 10.1 Å². The Morgan fingerprint density at radius 3 is 2.52 bits per heavy atom. The lowest BCUT2D eigenvalue weighted by atomic mass is 10.1. The number of benzene rings is 2. The van der Waals surface area contributed by atoms with Crippen LogP contribution in [0.25, 0.3) is 11.0 Å². The predicted molar refractivity (Wildman–Crippen MR) is 99.8 cm³/mol. The number of aromatic amines is 1. The summed E-state index contributed by atoms with van der Waals surface area (Å²) in [5, 5.41) is 2.87. The second kappa shape index (κ2) is 7.65. The van der Waals surface area contributed by atoms with E-state index in [0.717, 1.165) is 11.0 Å². The van der Waals surface area contributed by atoms with E-state index in [0.29, 0.717) is 11.4 Å². The van der Waals surface area contributed by atoms with E-state index in [4.69, 9.17) is 4.74 Å². The number of nitrogens with one attached hydrogen (secondary N) is 2. The Bertz CT molecular complexity index is 1000. The summed E-state index contributed by atoms with van der Waals surface area (Å²) in [6, 6.07) is 18.8. The zero-order valence-corrected chi connectivity index (χ0v) is 14.4. The van der Waals surface area contributed by atoms with E-state index in [1.165, 1.54) is 0 Å². The van der Waals surface area contributed by atoms with E-state index >= 15 is 0 Å². The van der Waals surface area contributed by atoms with Gasteiger partial charge in [0, 0.05) is 18.0 Å². The van der Waals surface area contributed by atoms with Gasteiger partial charge in [-0.2, -0.15) is 0 Å². The van der Waals surface area contributed by atoms with Crippen LogP contribution in [-0.4, -0.2) is 25.8 Å². The molecule has 0 saturated carbocycles. The molecule has 2 N–H and O–H groups in total. The van der Waals surface area contributed by atoms with Crippen LogP contribution in [0.1, 0.15) is 17.5 Å². The van der Waals surface area contributed by atoms with Crippen molar-refractivity contribution >= 4 is 16.9 Å². The molecule has 1 atom stereocenters. The molecule has 1 amide bonds. The molecular weight excluding hydrogens is 342 g/mol. The SMILES string of the molecule is O=C(NCc1nc2ccccc2[nH]1)C(Oc1ncccn1)c1ccccc1. The van der Waals surface area contributed by atoms with Gasteiger partial charge >= 0.3 is 6.01 Å². The molecule has 0 aliphatic rings. The molecule has 0 bridgehead atoms. The van der Waals surface area contributed by atoms with Crippen molar-refractivity contribution in [2.45, 2.75) is 12.6 Å². The number of ether oxygens (including phenoxy) is 1. The maximum absolute atomic E-state index is 12.8. The van der Waals surface area contributed by atoms with Crippen LogP contribution in [-0.2, 0) is 11.3 Å². The number of carbonyl (C=O) groups excluding carboxylic acids is 1. The van der Waals surface area contributed by atoms with E-state index in [2.05, 4.69) is 25.3 Å². The maximum atomic E-state index is 12.8. The second-order valence-electron chi connectivity index (χ2n) is 5.86. The van der Waals surface area contributed by atoms with Gasteiger partial charge in [0.25, 0.3) is 5.91 Å². The molecule has 0 spiro atoms. The fourth-order valence-corrected chi connectivity index (χ4v) is 2.71. The Morgan fingerprint density at radius 1 is 1.00 bits per heavy atom. The summed E-state index contributed by atoms with van der Waals surface area (Å²) in [5.74, 6) is 0.376. The Morgan fingerprint density at radius 2 is 1.74 bits per heavy atom. The van der Waals surface area contributed by atoms with Crippen molar-refractivity contribution in [2.75, 3.05) is 0 Å². The summed E-state index contributed by atoms with van der Waals surface area (Å²) in [7, 11) is 0. The zero-order chi connectivity index (χ0) is 18.5. The highest BCUT2D eigenvalue weighted by Gasteiger charge is 2.23. The van der Waals surface area contributed by atoms with E-state index in [1.807, 2.05) is 54.6 Å². The van der Waals surface area contributed by atoms with Gasteiger partial charge in [0.1, 0.15) is 5.82 Å². The van der Waals surface area contributed by atoms with Crippen LogP contribution in [0.2, 0.25) is 0 Å². The Labute approximate surface area is 155 Å². The third-order valence-electron chi connectivity index (χ3n) is 3.97. The van der Waals surface area contributed by atoms with Crippen molar-refractivity contribution in [3.8, 4) is 6.01 Å². The Balaban J connectivity index is 1.51. The zero-order valence-electron chi connectivity index (χ0n) is 14.4. The average Bonchev–Trinajstić information content (AvgIpc) is 3.15. The summed E-state index contributed by atoms with van der Waals surface area (Å²) in [5.41, 5.74) is 2.50. The maximum Gasteiger partial charge on any atom is 0.317 e. The van der Waals surface area contributed by atoms with Gasteiger partial charge in [-0.3, -0.25) is 4.79 Å². The number of hydrogen-bond donors (Lipinski definition) is 2. The van der Waals surface area contributed by atoms with Crippen molar-refractivity contribution in [3.05, 3.63) is 84.4 Å². The number of fused-ring (bicyclic) bond motifs is 1. The van der Waals surface area contributed by atoms with E-state index in [9.17, 15) is 4.79 Å². The topological polar surface area (TPSA) is 92.8 Å². The molecule has 7 heteroatoms. The first kappa shape index (κ1) is 16.7. The fraction of sp³-hybridized carbons (Fsp3) is 0.100. The second-order valence-corrected chi connectivity index (χ2v) is 5.86. The number of aromatic nitrogens is 4. The molecule has 0 aliphatic carbocycles. The number of amides is 1. The summed E-state index contributed by atoms with van der Waals surface area (Å²) in [6.07, 6.45) is 2.27. The van der Waals surface area contributed by atoms with Crippen molar-refractivity contribution in [2.24, 2.45) is 0 Å². The monoisotopic (exact) mass is 359 g/mol. The molecule has 0 aliphatic heterocycles. The normalized spacial score (nSPS) is 11.9. The molecule has 0 fully saturated rings. The van der Waals surface area contributed by atoms with Gasteiger partial charge in [0.05, 0.1) is 17.6 Å². The minimum atomic E-state index is -0.863. The highest BCUT2D eigenvalue weighted by Crippen LogP contribution is 2.19. The van der Waals surface area contributed by atoms with Crippen LogP contribution in [0.4, 0.5) is 0 Å². The molecule has 4 aromatic rings. The summed E-state index contributed by atoms with van der Waals surface area (Å²) in [4.78, 5) is 28.5. The molecule has 27 heavy (non-hydrogen) atoms. The minimum Gasteiger partial charge on any atom is -0.445 e. The van der Waals surface area contributed by atoms with Crippen molar-refractivity contribution in [1.29, 1.82) is 0 Å². The van der Waals surface area contributed by atoms with Gasteiger partial charge in [-0.15, -0.1) is 0 Å². The first-order chi connectivity index (χ1) is 13.3. The van der Waals surface area contributed by atoms with Gasteiger partial charge in [0.2, 0.25) is 6.10 Å². The van der Waals surface area contributed by atoms with Crippen LogP contribution in [0.5, 0.6) is 6.01 Å².